The maximum atomic E-state index is 13.1. The van der Waals surface area contributed by atoms with E-state index in [1.807, 2.05) is 0 Å². The highest BCUT2D eigenvalue weighted by Gasteiger charge is 2.40. The van der Waals surface area contributed by atoms with Crippen LogP contribution >= 0.6 is 0 Å². The van der Waals surface area contributed by atoms with Crippen molar-refractivity contribution in [2.75, 3.05) is 25.1 Å². The van der Waals surface area contributed by atoms with E-state index in [0.717, 1.165) is 0 Å². The van der Waals surface area contributed by atoms with E-state index in [2.05, 4.69) is 10.5 Å². The van der Waals surface area contributed by atoms with Gasteiger partial charge in [-0.2, -0.15) is 4.31 Å². The third-order valence-corrected chi connectivity index (χ3v) is 6.41. The molecule has 9 nitrogen and oxygen atoms in total. The summed E-state index contributed by atoms with van der Waals surface area (Å²) < 4.78 is 43.3. The zero-order chi connectivity index (χ0) is 19.0. The lowest BCUT2D eigenvalue weighted by atomic mass is 10.2. The van der Waals surface area contributed by atoms with Crippen molar-refractivity contribution in [3.63, 3.8) is 0 Å². The fourth-order valence-corrected chi connectivity index (χ4v) is 4.92. The van der Waals surface area contributed by atoms with Crippen LogP contribution in [0.15, 0.2) is 33.7 Å². The Hall–Kier alpha value is -2.59. The van der Waals surface area contributed by atoms with Crippen LogP contribution in [0.5, 0.6) is 11.5 Å². The minimum atomic E-state index is -3.86. The number of aryl methyl sites for hydroxylation is 1. The second kappa shape index (κ2) is 6.86. The SMILES string of the molecule is Cc1cc(NC(=O)[C@@H]2CCCN2S(=O)(=O)c2ccc3c(c2)OCCO3)no1. The van der Waals surface area contributed by atoms with Crippen molar-refractivity contribution in [2.45, 2.75) is 30.7 Å². The lowest BCUT2D eigenvalue weighted by molar-refractivity contribution is -0.119. The van der Waals surface area contributed by atoms with E-state index in [0.29, 0.717) is 43.3 Å². The molecule has 1 aromatic heterocycles. The summed E-state index contributed by atoms with van der Waals surface area (Å²) in [7, 11) is -3.86. The molecule has 0 aliphatic carbocycles. The van der Waals surface area contributed by atoms with Crippen molar-refractivity contribution in [1.29, 1.82) is 0 Å². The van der Waals surface area contributed by atoms with Gasteiger partial charge in [0.1, 0.15) is 25.0 Å². The molecule has 1 N–H and O–H groups in total. The van der Waals surface area contributed by atoms with Gasteiger partial charge in [-0.25, -0.2) is 8.42 Å². The van der Waals surface area contributed by atoms with Crippen LogP contribution in [0.2, 0.25) is 0 Å². The van der Waals surface area contributed by atoms with Gasteiger partial charge in [-0.1, -0.05) is 5.16 Å². The number of sulfonamides is 1. The van der Waals surface area contributed by atoms with Crippen molar-refractivity contribution < 1.29 is 27.2 Å². The first-order valence-corrected chi connectivity index (χ1v) is 10.0. The summed E-state index contributed by atoms with van der Waals surface area (Å²) >= 11 is 0. The Morgan fingerprint density at radius 2 is 2.00 bits per heavy atom. The number of carbonyl (C=O) groups excluding carboxylic acids is 1. The van der Waals surface area contributed by atoms with Gasteiger partial charge in [0.25, 0.3) is 0 Å². The van der Waals surface area contributed by atoms with Crippen LogP contribution < -0.4 is 14.8 Å². The number of nitrogens with zero attached hydrogens (tertiary/aromatic N) is 2. The molecule has 0 spiro atoms. The highest BCUT2D eigenvalue weighted by Crippen LogP contribution is 2.35. The monoisotopic (exact) mass is 393 g/mol. The molecule has 3 heterocycles. The molecule has 2 aromatic rings. The van der Waals surface area contributed by atoms with E-state index in [9.17, 15) is 13.2 Å². The molecule has 4 rings (SSSR count). The number of hydrogen-bond donors (Lipinski definition) is 1. The second-order valence-corrected chi connectivity index (χ2v) is 8.28. The summed E-state index contributed by atoms with van der Waals surface area (Å²) in [6.07, 6.45) is 1.03. The number of carbonyl (C=O) groups is 1. The second-order valence-electron chi connectivity index (χ2n) is 6.39. The molecule has 0 radical (unpaired) electrons. The minimum absolute atomic E-state index is 0.0729. The van der Waals surface area contributed by atoms with Gasteiger partial charge in [-0.15, -0.1) is 0 Å². The first kappa shape index (κ1) is 17.8. The Bertz CT molecular complexity index is 971. The number of anilines is 1. The summed E-state index contributed by atoms with van der Waals surface area (Å²) in [6, 6.07) is 5.26. The van der Waals surface area contributed by atoms with Crippen LogP contribution in [-0.4, -0.2) is 49.6 Å². The van der Waals surface area contributed by atoms with E-state index < -0.39 is 22.0 Å². The van der Waals surface area contributed by atoms with Crippen LogP contribution in [0, 0.1) is 6.92 Å². The molecular formula is C17H19N3O6S. The maximum Gasteiger partial charge on any atom is 0.244 e. The molecule has 1 atom stereocenters. The van der Waals surface area contributed by atoms with Gasteiger partial charge in [0, 0.05) is 18.7 Å². The van der Waals surface area contributed by atoms with Crippen molar-refractivity contribution >= 4 is 21.7 Å². The van der Waals surface area contributed by atoms with E-state index >= 15 is 0 Å². The third kappa shape index (κ3) is 3.37. The van der Waals surface area contributed by atoms with E-state index in [-0.39, 0.29) is 17.3 Å². The summed E-state index contributed by atoms with van der Waals surface area (Å²) in [4.78, 5) is 12.7. The highest BCUT2D eigenvalue weighted by atomic mass is 32.2. The van der Waals surface area contributed by atoms with Crippen LogP contribution in [-0.2, 0) is 14.8 Å². The quantitative estimate of drug-likeness (QED) is 0.839. The zero-order valence-electron chi connectivity index (χ0n) is 14.7. The van der Waals surface area contributed by atoms with E-state index in [1.165, 1.54) is 16.4 Å². The normalized spacial score (nSPS) is 19.8. The molecule has 0 bridgehead atoms. The van der Waals surface area contributed by atoms with Crippen LogP contribution in [0.4, 0.5) is 5.82 Å². The predicted octanol–water partition coefficient (Wildman–Crippen LogP) is 1.55. The predicted molar refractivity (Wildman–Crippen MR) is 94.2 cm³/mol. The van der Waals surface area contributed by atoms with Crippen molar-refractivity contribution in [3.05, 3.63) is 30.0 Å². The largest absolute Gasteiger partial charge is 0.486 e. The Morgan fingerprint density at radius 3 is 2.74 bits per heavy atom. The van der Waals surface area contributed by atoms with Gasteiger partial charge >= 0.3 is 0 Å². The molecule has 1 fully saturated rings. The molecule has 10 heteroatoms. The van der Waals surface area contributed by atoms with Gasteiger partial charge in [-0.3, -0.25) is 4.79 Å². The van der Waals surface area contributed by atoms with Gasteiger partial charge in [-0.05, 0) is 31.9 Å². The molecular weight excluding hydrogens is 374 g/mol. The number of benzene rings is 1. The molecule has 2 aliphatic heterocycles. The third-order valence-electron chi connectivity index (χ3n) is 4.51. The van der Waals surface area contributed by atoms with Gasteiger partial charge < -0.3 is 19.3 Å². The summed E-state index contributed by atoms with van der Waals surface area (Å²) in [5, 5.41) is 6.33. The lowest BCUT2D eigenvalue weighted by Crippen LogP contribution is -2.43. The van der Waals surface area contributed by atoms with Crippen molar-refractivity contribution in [2.24, 2.45) is 0 Å². The van der Waals surface area contributed by atoms with Crippen molar-refractivity contribution in [1.82, 2.24) is 9.46 Å². The molecule has 0 saturated carbocycles. The Labute approximate surface area is 156 Å². The van der Waals surface area contributed by atoms with E-state index in [4.69, 9.17) is 14.0 Å². The van der Waals surface area contributed by atoms with Crippen LogP contribution in [0.1, 0.15) is 18.6 Å². The molecule has 1 aromatic carbocycles. The smallest absolute Gasteiger partial charge is 0.244 e. The summed E-state index contributed by atoms with van der Waals surface area (Å²) in [5.74, 6) is 1.29. The molecule has 2 aliphatic rings. The zero-order valence-corrected chi connectivity index (χ0v) is 15.5. The number of fused-ring (bicyclic) bond motifs is 1. The molecule has 1 amide bonds. The lowest BCUT2D eigenvalue weighted by Gasteiger charge is -2.24. The fraction of sp³-hybridized carbons (Fsp3) is 0.412. The van der Waals surface area contributed by atoms with Gasteiger partial charge in [0.15, 0.2) is 17.3 Å². The highest BCUT2D eigenvalue weighted by molar-refractivity contribution is 7.89. The number of aromatic nitrogens is 1. The first-order valence-electron chi connectivity index (χ1n) is 8.61. The number of amides is 1. The number of rotatable bonds is 4. The average Bonchev–Trinajstić information content (AvgIpc) is 3.31. The Morgan fingerprint density at radius 1 is 1.22 bits per heavy atom. The van der Waals surface area contributed by atoms with Crippen molar-refractivity contribution in [3.8, 4) is 11.5 Å². The molecule has 1 saturated heterocycles. The molecule has 27 heavy (non-hydrogen) atoms. The molecule has 0 unspecified atom stereocenters. The number of hydrogen-bond acceptors (Lipinski definition) is 7. The van der Waals surface area contributed by atoms with Gasteiger partial charge in [0.05, 0.1) is 4.90 Å². The minimum Gasteiger partial charge on any atom is -0.486 e. The molecule has 144 valence electrons. The van der Waals surface area contributed by atoms with Crippen LogP contribution in [0.3, 0.4) is 0 Å². The number of nitrogens with one attached hydrogen (secondary N) is 1. The first-order chi connectivity index (χ1) is 12.9. The standard InChI is InChI=1S/C17H19N3O6S/c1-11-9-16(19-26-11)18-17(21)13-3-2-6-20(13)27(22,23)12-4-5-14-15(10-12)25-8-7-24-14/h4-5,9-10,13H,2-3,6-8H2,1H3,(H,18,19,21)/t13-/m0/s1. The van der Waals surface area contributed by atoms with E-state index in [1.54, 1.807) is 19.1 Å². The topological polar surface area (TPSA) is 111 Å². The Kier molecular flexibility index (Phi) is 4.52. The Balaban J connectivity index is 1.57. The summed E-state index contributed by atoms with van der Waals surface area (Å²) in [5.41, 5.74) is 0. The fourth-order valence-electron chi connectivity index (χ4n) is 3.24. The van der Waals surface area contributed by atoms with Gasteiger partial charge in [0.2, 0.25) is 15.9 Å². The van der Waals surface area contributed by atoms with Crippen LogP contribution in [0.25, 0.3) is 0 Å². The summed E-state index contributed by atoms with van der Waals surface area (Å²) in [6.45, 7) is 2.76. The maximum absolute atomic E-state index is 13.1. The number of ether oxygens (including phenoxy) is 2. The average molecular weight is 393 g/mol.